The number of benzene rings is 1. The lowest BCUT2D eigenvalue weighted by Crippen LogP contribution is -2.38. The summed E-state index contributed by atoms with van der Waals surface area (Å²) in [6.07, 6.45) is 3.84. The molecule has 2 aliphatic rings. The van der Waals surface area contributed by atoms with Crippen molar-refractivity contribution in [3.8, 4) is 0 Å². The molecule has 1 aliphatic heterocycles. The van der Waals surface area contributed by atoms with Gasteiger partial charge in [-0.25, -0.2) is 0 Å². The van der Waals surface area contributed by atoms with E-state index in [9.17, 15) is 14.7 Å². The van der Waals surface area contributed by atoms with Crippen LogP contribution in [-0.2, 0) is 20.9 Å². The van der Waals surface area contributed by atoms with Crippen molar-refractivity contribution in [3.63, 3.8) is 0 Å². The third-order valence-corrected chi connectivity index (χ3v) is 5.44. The van der Waals surface area contributed by atoms with Gasteiger partial charge in [-0.05, 0) is 31.2 Å². The SMILES string of the molecule is O=C(O)C1CCCC(C(=O)N2CCC(COCc3ccccc3)C2)C1. The molecule has 1 N–H and O–H groups in total. The molecule has 0 aromatic heterocycles. The zero-order valence-electron chi connectivity index (χ0n) is 14.6. The van der Waals surface area contributed by atoms with Crippen molar-refractivity contribution in [2.24, 2.45) is 17.8 Å². The van der Waals surface area contributed by atoms with Gasteiger partial charge in [-0.3, -0.25) is 9.59 Å². The number of hydrogen-bond donors (Lipinski definition) is 1. The summed E-state index contributed by atoms with van der Waals surface area (Å²) < 4.78 is 5.81. The fraction of sp³-hybridized carbons (Fsp3) is 0.600. The molecule has 5 nitrogen and oxygen atoms in total. The summed E-state index contributed by atoms with van der Waals surface area (Å²) in [5, 5.41) is 9.19. The third-order valence-electron chi connectivity index (χ3n) is 5.44. The number of carboxylic acids is 1. The van der Waals surface area contributed by atoms with Gasteiger partial charge in [0.2, 0.25) is 5.91 Å². The Balaban J connectivity index is 1.42. The van der Waals surface area contributed by atoms with Crippen LogP contribution in [0.3, 0.4) is 0 Å². The minimum absolute atomic E-state index is 0.112. The highest BCUT2D eigenvalue weighted by atomic mass is 16.5. The molecule has 3 unspecified atom stereocenters. The highest BCUT2D eigenvalue weighted by Gasteiger charge is 2.35. The Morgan fingerprint density at radius 1 is 1.12 bits per heavy atom. The molecule has 1 saturated carbocycles. The van der Waals surface area contributed by atoms with Gasteiger partial charge >= 0.3 is 5.97 Å². The molecule has 5 heteroatoms. The zero-order valence-corrected chi connectivity index (χ0v) is 14.6. The first-order chi connectivity index (χ1) is 12.1. The van der Waals surface area contributed by atoms with Crippen LogP contribution >= 0.6 is 0 Å². The third kappa shape index (κ3) is 4.82. The molecule has 3 atom stereocenters. The average Bonchev–Trinajstić information content (AvgIpc) is 3.11. The summed E-state index contributed by atoms with van der Waals surface area (Å²) in [5.41, 5.74) is 1.16. The lowest BCUT2D eigenvalue weighted by atomic mass is 9.81. The number of carboxylic acid groups (broad SMARTS) is 1. The van der Waals surface area contributed by atoms with E-state index in [-0.39, 0.29) is 17.7 Å². The Hall–Kier alpha value is -1.88. The first-order valence-electron chi connectivity index (χ1n) is 9.26. The largest absolute Gasteiger partial charge is 0.481 e. The average molecular weight is 345 g/mol. The Morgan fingerprint density at radius 2 is 1.88 bits per heavy atom. The van der Waals surface area contributed by atoms with E-state index in [4.69, 9.17) is 4.74 Å². The summed E-state index contributed by atoms with van der Waals surface area (Å²) in [5.74, 6) is -0.691. The molecule has 0 bridgehead atoms. The number of hydrogen-bond acceptors (Lipinski definition) is 3. The van der Waals surface area contributed by atoms with Crippen LogP contribution in [0.15, 0.2) is 30.3 Å². The molecule has 1 aromatic carbocycles. The van der Waals surface area contributed by atoms with E-state index in [1.807, 2.05) is 35.2 Å². The van der Waals surface area contributed by atoms with E-state index in [1.165, 1.54) is 0 Å². The van der Waals surface area contributed by atoms with Gasteiger partial charge in [0, 0.05) is 24.9 Å². The number of carbonyl (C=O) groups excluding carboxylic acids is 1. The minimum atomic E-state index is -0.758. The van der Waals surface area contributed by atoms with Crippen LogP contribution in [0.5, 0.6) is 0 Å². The quantitative estimate of drug-likeness (QED) is 0.861. The number of nitrogens with zero attached hydrogens (tertiary/aromatic N) is 1. The Labute approximate surface area is 149 Å². The molecule has 1 saturated heterocycles. The van der Waals surface area contributed by atoms with Crippen molar-refractivity contribution in [3.05, 3.63) is 35.9 Å². The predicted molar refractivity (Wildman–Crippen MR) is 93.9 cm³/mol. The molecule has 1 aromatic rings. The lowest BCUT2D eigenvalue weighted by molar-refractivity contribution is -0.145. The summed E-state index contributed by atoms with van der Waals surface area (Å²) in [4.78, 5) is 25.8. The molecule has 1 heterocycles. The van der Waals surface area contributed by atoms with E-state index in [0.29, 0.717) is 32.0 Å². The van der Waals surface area contributed by atoms with Crippen molar-refractivity contribution in [1.29, 1.82) is 0 Å². The Bertz CT molecular complexity index is 589. The number of aliphatic carboxylic acids is 1. The van der Waals surface area contributed by atoms with E-state index in [1.54, 1.807) is 0 Å². The van der Waals surface area contributed by atoms with Gasteiger partial charge < -0.3 is 14.7 Å². The van der Waals surface area contributed by atoms with Crippen LogP contribution in [0.25, 0.3) is 0 Å². The van der Waals surface area contributed by atoms with Crippen LogP contribution in [0, 0.1) is 17.8 Å². The first kappa shape index (κ1) is 17.9. The van der Waals surface area contributed by atoms with Gasteiger partial charge in [-0.1, -0.05) is 36.8 Å². The van der Waals surface area contributed by atoms with E-state index < -0.39 is 5.97 Å². The number of carbonyl (C=O) groups is 2. The zero-order chi connectivity index (χ0) is 17.6. The van der Waals surface area contributed by atoms with Crippen molar-refractivity contribution in [2.75, 3.05) is 19.7 Å². The number of ether oxygens (including phenoxy) is 1. The van der Waals surface area contributed by atoms with Crippen molar-refractivity contribution in [1.82, 2.24) is 4.90 Å². The van der Waals surface area contributed by atoms with Crippen LogP contribution in [0.1, 0.15) is 37.7 Å². The van der Waals surface area contributed by atoms with Crippen LogP contribution < -0.4 is 0 Å². The smallest absolute Gasteiger partial charge is 0.306 e. The first-order valence-corrected chi connectivity index (χ1v) is 9.26. The normalized spacial score (nSPS) is 26.6. The van der Waals surface area contributed by atoms with Gasteiger partial charge in [0.25, 0.3) is 0 Å². The molecule has 1 amide bonds. The summed E-state index contributed by atoms with van der Waals surface area (Å²) in [6, 6.07) is 10.1. The van der Waals surface area contributed by atoms with E-state index in [2.05, 4.69) is 0 Å². The van der Waals surface area contributed by atoms with E-state index in [0.717, 1.165) is 37.9 Å². The minimum Gasteiger partial charge on any atom is -0.481 e. The second-order valence-electron chi connectivity index (χ2n) is 7.34. The lowest BCUT2D eigenvalue weighted by Gasteiger charge is -2.29. The highest BCUT2D eigenvalue weighted by Crippen LogP contribution is 2.32. The second kappa shape index (κ2) is 8.48. The summed E-state index contributed by atoms with van der Waals surface area (Å²) in [6.45, 7) is 2.78. The predicted octanol–water partition coefficient (Wildman–Crippen LogP) is 2.94. The van der Waals surface area contributed by atoms with Crippen molar-refractivity contribution >= 4 is 11.9 Å². The van der Waals surface area contributed by atoms with E-state index >= 15 is 0 Å². The van der Waals surface area contributed by atoms with Crippen molar-refractivity contribution in [2.45, 2.75) is 38.7 Å². The monoisotopic (exact) mass is 345 g/mol. The molecule has 0 radical (unpaired) electrons. The number of likely N-dealkylation sites (tertiary alicyclic amines) is 1. The Kier molecular flexibility index (Phi) is 6.08. The number of amides is 1. The molecule has 136 valence electrons. The molecule has 2 fully saturated rings. The molecular weight excluding hydrogens is 318 g/mol. The maximum absolute atomic E-state index is 12.7. The van der Waals surface area contributed by atoms with Crippen LogP contribution in [0.4, 0.5) is 0 Å². The summed E-state index contributed by atoms with van der Waals surface area (Å²) >= 11 is 0. The van der Waals surface area contributed by atoms with Gasteiger partial charge in [0.1, 0.15) is 0 Å². The fourth-order valence-corrected chi connectivity index (χ4v) is 3.98. The molecule has 25 heavy (non-hydrogen) atoms. The van der Waals surface area contributed by atoms with Crippen LogP contribution in [-0.4, -0.2) is 41.6 Å². The molecule has 1 aliphatic carbocycles. The van der Waals surface area contributed by atoms with Gasteiger partial charge in [-0.15, -0.1) is 0 Å². The van der Waals surface area contributed by atoms with Gasteiger partial charge in [-0.2, -0.15) is 0 Å². The van der Waals surface area contributed by atoms with Gasteiger partial charge in [0.15, 0.2) is 0 Å². The molecule has 3 rings (SSSR count). The standard InChI is InChI=1S/C20H27NO4/c22-19(17-7-4-8-18(11-17)20(23)24)21-10-9-16(12-21)14-25-13-15-5-2-1-3-6-15/h1-3,5-6,16-18H,4,7-14H2,(H,23,24). The Morgan fingerprint density at radius 3 is 2.64 bits per heavy atom. The number of rotatable bonds is 6. The second-order valence-corrected chi connectivity index (χ2v) is 7.34. The fourth-order valence-electron chi connectivity index (χ4n) is 3.98. The maximum atomic E-state index is 12.7. The topological polar surface area (TPSA) is 66.8 Å². The van der Waals surface area contributed by atoms with Crippen LogP contribution in [0.2, 0.25) is 0 Å². The van der Waals surface area contributed by atoms with Gasteiger partial charge in [0.05, 0.1) is 19.1 Å². The molecule has 0 spiro atoms. The summed E-state index contributed by atoms with van der Waals surface area (Å²) in [7, 11) is 0. The molecular formula is C20H27NO4. The maximum Gasteiger partial charge on any atom is 0.306 e. The van der Waals surface area contributed by atoms with Crippen molar-refractivity contribution < 1.29 is 19.4 Å². The highest BCUT2D eigenvalue weighted by molar-refractivity contribution is 5.80.